The van der Waals surface area contributed by atoms with Gasteiger partial charge in [0, 0.05) is 32.3 Å². The molecular formula is C58H98N4O2+4. The van der Waals surface area contributed by atoms with E-state index in [-0.39, 0.29) is 21.9 Å². The number of rotatable bonds is 22. The van der Waals surface area contributed by atoms with Crippen LogP contribution in [-0.2, 0) is 17.3 Å². The van der Waals surface area contributed by atoms with E-state index in [0.29, 0.717) is 5.92 Å². The van der Waals surface area contributed by atoms with Crippen LogP contribution in [0.3, 0.4) is 0 Å². The molecule has 0 radical (unpaired) electrons. The summed E-state index contributed by atoms with van der Waals surface area (Å²) < 4.78 is 23.1. The van der Waals surface area contributed by atoms with Gasteiger partial charge in [-0.1, -0.05) is 111 Å². The summed E-state index contributed by atoms with van der Waals surface area (Å²) in [6.07, 6.45) is 23.2. The van der Waals surface area contributed by atoms with Crippen LogP contribution in [0.2, 0.25) is 0 Å². The first-order chi connectivity index (χ1) is 30.3. The number of hydrogen-bond acceptors (Lipinski definition) is 2. The first kappa shape index (κ1) is 50.7. The minimum Gasteiger partial charge on any atom is -0.340 e. The quantitative estimate of drug-likeness (QED) is 0.0869. The van der Waals surface area contributed by atoms with Crippen molar-refractivity contribution in [2.45, 2.75) is 234 Å². The Bertz CT molecular complexity index is 1920. The molecule has 6 heteroatoms. The molecule has 4 aliphatic rings. The highest BCUT2D eigenvalue weighted by molar-refractivity contribution is 5.85. The lowest BCUT2D eigenvalue weighted by molar-refractivity contribution is -0.928. The first-order valence-electron chi connectivity index (χ1n) is 27.0. The maximum atomic E-state index is 7.72. The first-order valence-corrected chi connectivity index (χ1v) is 27.0. The third kappa shape index (κ3) is 9.55. The van der Waals surface area contributed by atoms with Crippen molar-refractivity contribution in [3.63, 3.8) is 0 Å². The van der Waals surface area contributed by atoms with Crippen LogP contribution in [-0.4, -0.2) is 100 Å². The van der Waals surface area contributed by atoms with Gasteiger partial charge in [0.05, 0.1) is 63.5 Å². The van der Waals surface area contributed by atoms with Crippen LogP contribution in [0.15, 0.2) is 24.3 Å². The second kappa shape index (κ2) is 19.9. The molecule has 1 saturated heterocycles. The summed E-state index contributed by atoms with van der Waals surface area (Å²) in [7, 11) is 0. The average Bonchev–Trinajstić information content (AvgIpc) is 3.39. The monoisotopic (exact) mass is 883 g/mol. The maximum Gasteiger partial charge on any atom is 0.705 e. The zero-order chi connectivity index (χ0) is 46.8. The number of hydrogen-bond donors (Lipinski definition) is 0. The van der Waals surface area contributed by atoms with E-state index in [4.69, 9.17) is 9.47 Å². The number of aryl methyl sites for hydroxylation is 1. The molecule has 1 saturated carbocycles. The van der Waals surface area contributed by atoms with Crippen molar-refractivity contribution in [2.75, 3.05) is 52.4 Å². The largest absolute Gasteiger partial charge is 0.705 e. The van der Waals surface area contributed by atoms with Crippen molar-refractivity contribution in [1.82, 2.24) is 0 Å². The second-order valence-corrected chi connectivity index (χ2v) is 23.9. The van der Waals surface area contributed by atoms with E-state index in [1.54, 1.807) is 0 Å². The fourth-order valence-electron chi connectivity index (χ4n) is 13.5. The van der Waals surface area contributed by atoms with Gasteiger partial charge in [-0.2, -0.15) is 0 Å². The molecule has 0 aromatic heterocycles. The van der Waals surface area contributed by atoms with Gasteiger partial charge in [-0.05, 0) is 129 Å². The molecule has 1 unspecified atom stereocenters. The summed E-state index contributed by atoms with van der Waals surface area (Å²) in [4.78, 5) is 0. The van der Waals surface area contributed by atoms with Crippen molar-refractivity contribution < 1.29 is 27.6 Å². The van der Waals surface area contributed by atoms with Gasteiger partial charge >= 0.3 is 6.03 Å². The molecule has 0 bridgehead atoms. The van der Waals surface area contributed by atoms with Crippen LogP contribution in [0.4, 0.5) is 0 Å². The fourth-order valence-corrected chi connectivity index (χ4v) is 13.5. The molecule has 0 N–H and O–H groups in total. The minimum absolute atomic E-state index is 0.0174. The summed E-state index contributed by atoms with van der Waals surface area (Å²) in [5.74, 6) is 2.53. The Kier molecular flexibility index (Phi) is 15.7. The van der Waals surface area contributed by atoms with Crippen LogP contribution in [0.5, 0.6) is 11.5 Å². The van der Waals surface area contributed by atoms with Gasteiger partial charge in [-0.3, -0.25) is 0 Å². The van der Waals surface area contributed by atoms with Gasteiger partial charge in [0.1, 0.15) is 0 Å². The summed E-state index contributed by atoms with van der Waals surface area (Å²) >= 11 is 0. The Labute approximate surface area is 394 Å². The fraction of sp³-hybridized carbons (Fsp3) is 0.759. The maximum absolute atomic E-state index is 7.72. The van der Waals surface area contributed by atoms with Crippen molar-refractivity contribution in [3.8, 4) is 11.5 Å². The van der Waals surface area contributed by atoms with Crippen LogP contribution < -0.4 is 9.47 Å². The Hall–Kier alpha value is -2.70. The number of fused-ring (bicyclic) bond motifs is 5. The molecule has 2 aromatic carbocycles. The lowest BCUT2D eigenvalue weighted by Gasteiger charge is -2.39. The Morgan fingerprint density at radius 2 is 1.00 bits per heavy atom. The van der Waals surface area contributed by atoms with Crippen molar-refractivity contribution in [1.29, 1.82) is 0 Å². The summed E-state index contributed by atoms with van der Waals surface area (Å²) in [5, 5.41) is 0. The van der Waals surface area contributed by atoms with E-state index in [0.717, 1.165) is 30.8 Å². The number of quaternary nitrogens is 2. The Balaban J connectivity index is 1.47. The van der Waals surface area contributed by atoms with Crippen LogP contribution in [0.25, 0.3) is 0 Å². The van der Waals surface area contributed by atoms with Gasteiger partial charge in [-0.15, -0.1) is 0 Å². The zero-order valence-corrected chi connectivity index (χ0v) is 44.4. The topological polar surface area (TPSA) is 24.5 Å². The number of nitrogens with zero attached hydrogens (tertiary/aromatic N) is 4. The van der Waals surface area contributed by atoms with E-state index >= 15 is 0 Å². The molecule has 0 amide bonds. The molecule has 2 fully saturated rings. The summed E-state index contributed by atoms with van der Waals surface area (Å²) in [6.45, 7) is 46.2. The molecule has 1 spiro atoms. The molecule has 6 rings (SSSR count). The Morgan fingerprint density at radius 3 is 1.41 bits per heavy atom. The highest BCUT2D eigenvalue weighted by Gasteiger charge is 2.86. The molecular weight excluding hydrogens is 785 g/mol. The van der Waals surface area contributed by atoms with Gasteiger partial charge in [0.15, 0.2) is 23.9 Å². The summed E-state index contributed by atoms with van der Waals surface area (Å²) in [6, 6.07) is 8.88. The Morgan fingerprint density at radius 1 is 0.562 bits per heavy atom. The number of benzene rings is 2. The molecule has 2 aromatic rings. The van der Waals surface area contributed by atoms with Crippen molar-refractivity contribution in [2.24, 2.45) is 0 Å². The average molecular weight is 883 g/mol. The molecule has 6 nitrogen and oxygen atoms in total. The van der Waals surface area contributed by atoms with Gasteiger partial charge in [0.2, 0.25) is 11.1 Å². The number of ether oxygens (including phenoxy) is 2. The van der Waals surface area contributed by atoms with E-state index in [1.807, 2.05) is 0 Å². The van der Waals surface area contributed by atoms with Crippen molar-refractivity contribution in [3.05, 3.63) is 57.6 Å². The molecule has 3 atom stereocenters. The summed E-state index contributed by atoms with van der Waals surface area (Å²) in [5.41, 5.74) is 7.43. The van der Waals surface area contributed by atoms with Crippen molar-refractivity contribution >= 4 is 12.4 Å². The van der Waals surface area contributed by atoms with Gasteiger partial charge < -0.3 is 18.4 Å². The molecule has 1 aliphatic carbocycles. The SMILES string of the molecule is CCC[N+](CCC)(CCC)CCCC(CCC[N+](CCC)(CCC)CCC)c1cc2c(c(CC)c1)OC13Oc4c(cc(C(C)(C)C)cc4C(C)(C)C)C=[N+]1[C@@]1(C)CCCC[C@]1(C)[N+]3=C2. The second-order valence-electron chi connectivity index (χ2n) is 23.9. The van der Waals surface area contributed by atoms with Crippen LogP contribution >= 0.6 is 0 Å². The molecule has 3 aliphatic heterocycles. The van der Waals surface area contributed by atoms with E-state index in [2.05, 4.69) is 150 Å². The zero-order valence-electron chi connectivity index (χ0n) is 44.4. The van der Waals surface area contributed by atoms with E-state index in [1.165, 1.54) is 172 Å². The van der Waals surface area contributed by atoms with Crippen LogP contribution in [0, 0.1) is 0 Å². The van der Waals surface area contributed by atoms with E-state index < -0.39 is 6.03 Å². The highest BCUT2D eigenvalue weighted by Crippen LogP contribution is 2.56. The third-order valence-corrected chi connectivity index (χ3v) is 16.8. The smallest absolute Gasteiger partial charge is 0.340 e. The van der Waals surface area contributed by atoms with E-state index in [9.17, 15) is 0 Å². The van der Waals surface area contributed by atoms with Gasteiger partial charge in [0.25, 0.3) is 0 Å². The highest BCUT2D eigenvalue weighted by atomic mass is 16.7. The lowest BCUT2D eigenvalue weighted by atomic mass is 9.69. The normalized spacial score (nSPS) is 23.1. The van der Waals surface area contributed by atoms with Crippen LogP contribution in [0.1, 0.15) is 233 Å². The standard InChI is InChI=1S/C58H98N4O2/c1-16-31-61(32-17-2,33-18-3)37-25-27-46(28-26-38-62(34-19-4,35-20-5)36-21-6)47-39-45(22-7)52-48(40-47)43-59-56(14)29-23-24-30-57(56,15)60-44-49-41-50(54(8,9)10)42-51(55(11,12)13)53(49)64-58(59,60)63-52/h39-44,46H,16-38H2,1-15H3/q+4/t56-,57-,58?/m0/s1. The minimum atomic E-state index is -1.10. The molecule has 64 heavy (non-hydrogen) atoms. The predicted molar refractivity (Wildman–Crippen MR) is 272 cm³/mol. The lowest BCUT2D eigenvalue weighted by Crippen LogP contribution is -2.61. The molecule has 358 valence electrons. The predicted octanol–water partition coefficient (Wildman–Crippen LogP) is 13.6. The van der Waals surface area contributed by atoms with Gasteiger partial charge in [-0.25, -0.2) is 0 Å². The molecule has 3 heterocycles. The third-order valence-electron chi connectivity index (χ3n) is 16.8.